The van der Waals surface area contributed by atoms with Crippen molar-refractivity contribution < 1.29 is 27.1 Å². The minimum Gasteiger partial charge on any atom is -0.497 e. The predicted molar refractivity (Wildman–Crippen MR) is 158 cm³/mol. The fourth-order valence-corrected chi connectivity index (χ4v) is 5.80. The number of ether oxygens (including phenoxy) is 1. The van der Waals surface area contributed by atoms with Crippen LogP contribution in [0.5, 0.6) is 5.75 Å². The van der Waals surface area contributed by atoms with Crippen molar-refractivity contribution in [3.8, 4) is 5.75 Å². The second-order valence-corrected chi connectivity index (χ2v) is 12.7. The zero-order valence-corrected chi connectivity index (χ0v) is 25.2. The lowest BCUT2D eigenvalue weighted by Crippen LogP contribution is -2.55. The van der Waals surface area contributed by atoms with Gasteiger partial charge in [0, 0.05) is 12.1 Å². The first-order valence-corrected chi connectivity index (χ1v) is 14.8. The third-order valence-corrected chi connectivity index (χ3v) is 8.15. The summed E-state index contributed by atoms with van der Waals surface area (Å²) in [5.74, 6) is -1.00. The van der Waals surface area contributed by atoms with Gasteiger partial charge in [0.05, 0.1) is 17.7 Å². The molecule has 1 atom stereocenters. The molecule has 0 saturated heterocycles. The fourth-order valence-electron chi connectivity index (χ4n) is 4.39. The average molecular weight is 584 g/mol. The van der Waals surface area contributed by atoms with Gasteiger partial charge in [-0.1, -0.05) is 36.8 Å². The van der Waals surface area contributed by atoms with Crippen LogP contribution in [0.1, 0.15) is 45.2 Å². The molecule has 0 spiro atoms. The quantitative estimate of drug-likeness (QED) is 0.341. The highest BCUT2D eigenvalue weighted by Gasteiger charge is 2.34. The maximum atomic E-state index is 14.1. The number of methoxy groups -OCH3 is 1. The van der Waals surface area contributed by atoms with E-state index >= 15 is 0 Å². The molecule has 10 heteroatoms. The van der Waals surface area contributed by atoms with Crippen molar-refractivity contribution in [2.75, 3.05) is 18.0 Å². The predicted octanol–water partition coefficient (Wildman–Crippen LogP) is 5.06. The van der Waals surface area contributed by atoms with Crippen molar-refractivity contribution in [2.24, 2.45) is 0 Å². The molecular weight excluding hydrogens is 545 g/mol. The molecule has 0 aromatic heterocycles. The van der Waals surface area contributed by atoms with Gasteiger partial charge in [-0.2, -0.15) is 0 Å². The van der Waals surface area contributed by atoms with Gasteiger partial charge in [0.25, 0.3) is 10.0 Å². The monoisotopic (exact) mass is 583 g/mol. The highest BCUT2D eigenvalue weighted by molar-refractivity contribution is 7.92. The Morgan fingerprint density at radius 1 is 1.00 bits per heavy atom. The van der Waals surface area contributed by atoms with Crippen molar-refractivity contribution in [2.45, 2.75) is 64.1 Å². The Morgan fingerprint density at radius 3 is 2.17 bits per heavy atom. The van der Waals surface area contributed by atoms with Gasteiger partial charge < -0.3 is 15.0 Å². The number of anilines is 1. The molecule has 0 aliphatic rings. The molecule has 1 N–H and O–H groups in total. The summed E-state index contributed by atoms with van der Waals surface area (Å²) in [6, 6.07) is 17.3. The smallest absolute Gasteiger partial charge is 0.264 e. The third kappa shape index (κ3) is 8.29. The van der Waals surface area contributed by atoms with Crippen LogP contribution in [0.3, 0.4) is 0 Å². The third-order valence-electron chi connectivity index (χ3n) is 6.36. The van der Waals surface area contributed by atoms with Crippen LogP contribution in [0, 0.1) is 12.7 Å². The van der Waals surface area contributed by atoms with E-state index in [-0.39, 0.29) is 23.0 Å². The largest absolute Gasteiger partial charge is 0.497 e. The summed E-state index contributed by atoms with van der Waals surface area (Å²) in [5, 5.41) is 2.94. The summed E-state index contributed by atoms with van der Waals surface area (Å²) in [6.07, 6.45) is 0.307. The summed E-state index contributed by atoms with van der Waals surface area (Å²) in [4.78, 5) is 28.8. The van der Waals surface area contributed by atoms with E-state index < -0.39 is 39.9 Å². The van der Waals surface area contributed by atoms with Gasteiger partial charge in [-0.3, -0.25) is 13.9 Å². The standard InChI is InChI=1S/C31H38FN3O5S/c1-7-28(30(37)33-31(3,4)5)34(20-23-10-8-9-22(2)19-23)29(36)21-35(25-13-11-24(32)12-14-25)41(38,39)27-17-15-26(40-6)16-18-27/h8-19,28H,7,20-21H2,1-6H3,(H,33,37)/t28-/m1/s1. The van der Waals surface area contributed by atoms with Crippen molar-refractivity contribution in [1.29, 1.82) is 0 Å². The Hall–Kier alpha value is -3.92. The minimum atomic E-state index is -4.27. The van der Waals surface area contributed by atoms with E-state index in [1.165, 1.54) is 48.4 Å². The molecule has 2 amide bonds. The van der Waals surface area contributed by atoms with E-state index in [2.05, 4.69) is 5.32 Å². The second-order valence-electron chi connectivity index (χ2n) is 10.8. The molecule has 3 aromatic rings. The summed E-state index contributed by atoms with van der Waals surface area (Å²) in [7, 11) is -2.81. The van der Waals surface area contributed by atoms with Crippen LogP contribution in [0.25, 0.3) is 0 Å². The second kappa shape index (κ2) is 13.2. The van der Waals surface area contributed by atoms with Crippen LogP contribution >= 0.6 is 0 Å². The van der Waals surface area contributed by atoms with Crippen molar-refractivity contribution in [3.05, 3.63) is 89.7 Å². The molecule has 220 valence electrons. The Kier molecular flexibility index (Phi) is 10.1. The molecule has 0 bridgehead atoms. The van der Waals surface area contributed by atoms with Gasteiger partial charge in [-0.05, 0) is 88.2 Å². The number of carbonyl (C=O) groups excluding carboxylic acids is 2. The summed E-state index contributed by atoms with van der Waals surface area (Å²) in [6.45, 7) is 8.76. The summed E-state index contributed by atoms with van der Waals surface area (Å²) >= 11 is 0. The van der Waals surface area contributed by atoms with Gasteiger partial charge in [0.15, 0.2) is 0 Å². The van der Waals surface area contributed by atoms with Crippen molar-refractivity contribution in [3.63, 3.8) is 0 Å². The highest BCUT2D eigenvalue weighted by atomic mass is 32.2. The molecule has 0 radical (unpaired) electrons. The molecule has 0 saturated carbocycles. The Balaban J connectivity index is 2.07. The summed E-state index contributed by atoms with van der Waals surface area (Å²) < 4.78 is 47.6. The van der Waals surface area contributed by atoms with E-state index in [0.717, 1.165) is 27.6 Å². The topological polar surface area (TPSA) is 96.0 Å². The number of carbonyl (C=O) groups is 2. The molecule has 3 rings (SSSR count). The number of hydrogen-bond donors (Lipinski definition) is 1. The number of nitrogens with zero attached hydrogens (tertiary/aromatic N) is 2. The van der Waals surface area contributed by atoms with Crippen LogP contribution < -0.4 is 14.4 Å². The number of aryl methyl sites for hydroxylation is 1. The van der Waals surface area contributed by atoms with Crippen LogP contribution in [0.15, 0.2) is 77.7 Å². The number of halogens is 1. The normalized spacial score (nSPS) is 12.4. The van der Waals surface area contributed by atoms with E-state index in [1.54, 1.807) is 6.92 Å². The number of sulfonamides is 1. The average Bonchev–Trinajstić information content (AvgIpc) is 2.91. The SMILES string of the molecule is CC[C@H](C(=O)NC(C)(C)C)N(Cc1cccc(C)c1)C(=O)CN(c1ccc(F)cc1)S(=O)(=O)c1ccc(OC)cc1. The first-order chi connectivity index (χ1) is 19.2. The molecule has 0 aliphatic heterocycles. The number of hydrogen-bond acceptors (Lipinski definition) is 5. The van der Waals surface area contributed by atoms with Crippen LogP contribution in [0.2, 0.25) is 0 Å². The molecule has 3 aromatic carbocycles. The number of benzene rings is 3. The fraction of sp³-hybridized carbons (Fsp3) is 0.355. The first kappa shape index (κ1) is 31.6. The van der Waals surface area contributed by atoms with Gasteiger partial charge >= 0.3 is 0 Å². The van der Waals surface area contributed by atoms with E-state index in [9.17, 15) is 22.4 Å². The maximum absolute atomic E-state index is 14.1. The van der Waals surface area contributed by atoms with Gasteiger partial charge in [-0.15, -0.1) is 0 Å². The van der Waals surface area contributed by atoms with E-state index in [0.29, 0.717) is 12.2 Å². The van der Waals surface area contributed by atoms with Crippen molar-refractivity contribution >= 4 is 27.5 Å². The lowest BCUT2D eigenvalue weighted by atomic mass is 10.0. The van der Waals surface area contributed by atoms with E-state index in [1.807, 2.05) is 52.0 Å². The van der Waals surface area contributed by atoms with Crippen LogP contribution in [-0.4, -0.2) is 50.4 Å². The lowest BCUT2D eigenvalue weighted by Gasteiger charge is -2.34. The minimum absolute atomic E-state index is 0.0711. The Bertz CT molecular complexity index is 1450. The molecule has 8 nitrogen and oxygen atoms in total. The van der Waals surface area contributed by atoms with Crippen LogP contribution in [0.4, 0.5) is 10.1 Å². The molecule has 0 fully saturated rings. The molecule has 0 unspecified atom stereocenters. The van der Waals surface area contributed by atoms with Crippen molar-refractivity contribution in [1.82, 2.24) is 10.2 Å². The lowest BCUT2D eigenvalue weighted by molar-refractivity contribution is -0.141. The van der Waals surface area contributed by atoms with Gasteiger partial charge in [-0.25, -0.2) is 12.8 Å². The van der Waals surface area contributed by atoms with Gasteiger partial charge in [0.2, 0.25) is 11.8 Å². The number of amides is 2. The highest BCUT2D eigenvalue weighted by Crippen LogP contribution is 2.26. The molecular formula is C31H38FN3O5S. The molecule has 0 aliphatic carbocycles. The van der Waals surface area contributed by atoms with Crippen LogP contribution in [-0.2, 0) is 26.2 Å². The Labute approximate surface area is 242 Å². The molecule has 41 heavy (non-hydrogen) atoms. The maximum Gasteiger partial charge on any atom is 0.264 e. The zero-order chi connectivity index (χ0) is 30.4. The Morgan fingerprint density at radius 2 is 1.63 bits per heavy atom. The zero-order valence-electron chi connectivity index (χ0n) is 24.3. The molecule has 0 heterocycles. The number of nitrogens with one attached hydrogen (secondary N) is 1. The van der Waals surface area contributed by atoms with Gasteiger partial charge in [0.1, 0.15) is 24.2 Å². The number of rotatable bonds is 11. The van der Waals surface area contributed by atoms with E-state index in [4.69, 9.17) is 4.74 Å². The first-order valence-electron chi connectivity index (χ1n) is 13.3. The summed E-state index contributed by atoms with van der Waals surface area (Å²) in [5.41, 5.74) is 1.35.